The third-order valence-electron chi connectivity index (χ3n) is 3.00. The van der Waals surface area contributed by atoms with E-state index >= 15 is 0 Å². The van der Waals surface area contributed by atoms with Crippen LogP contribution >= 0.6 is 0 Å². The van der Waals surface area contributed by atoms with Crippen LogP contribution in [0.2, 0.25) is 0 Å². The van der Waals surface area contributed by atoms with E-state index in [4.69, 9.17) is 4.74 Å². The van der Waals surface area contributed by atoms with E-state index in [2.05, 4.69) is 39.9 Å². The van der Waals surface area contributed by atoms with Crippen LogP contribution in [0.15, 0.2) is 0 Å². The monoisotopic (exact) mass is 213 g/mol. The van der Waals surface area contributed by atoms with E-state index in [0.29, 0.717) is 18.1 Å². The lowest BCUT2D eigenvalue weighted by Gasteiger charge is -2.34. The Hall–Kier alpha value is -0.0800. The number of hydrogen-bond acceptors (Lipinski definition) is 2. The minimum atomic E-state index is 0.191. The fourth-order valence-corrected chi connectivity index (χ4v) is 1.60. The largest absolute Gasteiger partial charge is 0.373 e. The van der Waals surface area contributed by atoms with Crippen LogP contribution in [-0.2, 0) is 4.74 Å². The van der Waals surface area contributed by atoms with Gasteiger partial charge in [-0.25, -0.2) is 0 Å². The molecule has 90 valence electrons. The van der Waals surface area contributed by atoms with Gasteiger partial charge in [0.1, 0.15) is 0 Å². The van der Waals surface area contributed by atoms with E-state index in [1.54, 1.807) is 0 Å². The lowest BCUT2D eigenvalue weighted by Crippen LogP contribution is -2.45. The molecular weight excluding hydrogens is 186 g/mol. The van der Waals surface area contributed by atoms with Crippen molar-refractivity contribution in [2.24, 2.45) is 5.92 Å². The Bertz CT molecular complexity index is 179. The molecule has 0 heterocycles. The fraction of sp³-hybridized carbons (Fsp3) is 1.00. The summed E-state index contributed by atoms with van der Waals surface area (Å²) >= 11 is 0. The van der Waals surface area contributed by atoms with Crippen LogP contribution in [-0.4, -0.2) is 24.3 Å². The maximum absolute atomic E-state index is 6.08. The van der Waals surface area contributed by atoms with E-state index in [1.165, 1.54) is 19.3 Å². The van der Waals surface area contributed by atoms with Crippen molar-refractivity contribution < 1.29 is 4.74 Å². The third-order valence-corrected chi connectivity index (χ3v) is 3.00. The van der Waals surface area contributed by atoms with Gasteiger partial charge in [-0.15, -0.1) is 0 Å². The zero-order valence-electron chi connectivity index (χ0n) is 11.0. The van der Waals surface area contributed by atoms with Gasteiger partial charge in [0, 0.05) is 12.1 Å². The zero-order chi connectivity index (χ0) is 11.5. The summed E-state index contributed by atoms with van der Waals surface area (Å²) in [6.45, 7) is 12.1. The molecule has 1 atom stereocenters. The summed E-state index contributed by atoms with van der Waals surface area (Å²) in [5.74, 6) is 0.598. The molecule has 1 aliphatic carbocycles. The minimum absolute atomic E-state index is 0.191. The normalized spacial score (nSPS) is 20.4. The molecule has 0 aliphatic heterocycles. The second kappa shape index (κ2) is 5.31. The lowest BCUT2D eigenvalue weighted by atomic mass is 9.95. The second-order valence-electron chi connectivity index (χ2n) is 6.10. The Morgan fingerprint density at radius 1 is 1.27 bits per heavy atom. The van der Waals surface area contributed by atoms with E-state index in [1.807, 2.05) is 0 Å². The predicted octanol–water partition coefficient (Wildman–Crippen LogP) is 2.97. The molecule has 1 rings (SSSR count). The standard InChI is InChI=1S/C13H27NO/c1-10(2)12(9-14-13(3,4)5)15-11-7-6-8-11/h10-12,14H,6-9H2,1-5H3. The highest BCUT2D eigenvalue weighted by Crippen LogP contribution is 2.25. The number of nitrogens with one attached hydrogen (secondary N) is 1. The van der Waals surface area contributed by atoms with Gasteiger partial charge in [-0.1, -0.05) is 13.8 Å². The van der Waals surface area contributed by atoms with Gasteiger partial charge in [-0.3, -0.25) is 0 Å². The summed E-state index contributed by atoms with van der Waals surface area (Å²) in [7, 11) is 0. The molecule has 0 aromatic carbocycles. The second-order valence-corrected chi connectivity index (χ2v) is 6.10. The van der Waals surface area contributed by atoms with Crippen LogP contribution in [0.1, 0.15) is 53.9 Å². The van der Waals surface area contributed by atoms with Crippen molar-refractivity contribution in [2.45, 2.75) is 71.6 Å². The first-order chi connectivity index (χ1) is 6.88. The van der Waals surface area contributed by atoms with Crippen LogP contribution in [0.25, 0.3) is 0 Å². The van der Waals surface area contributed by atoms with Crippen LogP contribution < -0.4 is 5.32 Å². The molecule has 1 unspecified atom stereocenters. The van der Waals surface area contributed by atoms with Crippen molar-refractivity contribution in [1.82, 2.24) is 5.32 Å². The summed E-state index contributed by atoms with van der Waals surface area (Å²) in [6.07, 6.45) is 4.79. The van der Waals surface area contributed by atoms with Gasteiger partial charge in [0.05, 0.1) is 12.2 Å². The zero-order valence-corrected chi connectivity index (χ0v) is 11.0. The summed E-state index contributed by atoms with van der Waals surface area (Å²) in [5.41, 5.74) is 0.191. The average molecular weight is 213 g/mol. The van der Waals surface area contributed by atoms with Crippen molar-refractivity contribution in [2.75, 3.05) is 6.54 Å². The third kappa shape index (κ3) is 4.98. The Labute approximate surface area is 94.8 Å². The first-order valence-electron chi connectivity index (χ1n) is 6.29. The summed E-state index contributed by atoms with van der Waals surface area (Å²) in [4.78, 5) is 0. The molecule has 1 N–H and O–H groups in total. The van der Waals surface area contributed by atoms with Gasteiger partial charge in [0.2, 0.25) is 0 Å². The Kier molecular flexibility index (Phi) is 4.60. The van der Waals surface area contributed by atoms with Gasteiger partial charge < -0.3 is 10.1 Å². The molecule has 1 saturated carbocycles. The smallest absolute Gasteiger partial charge is 0.0726 e. The first-order valence-corrected chi connectivity index (χ1v) is 6.29. The highest BCUT2D eigenvalue weighted by Gasteiger charge is 2.25. The van der Waals surface area contributed by atoms with Gasteiger partial charge in [0.15, 0.2) is 0 Å². The van der Waals surface area contributed by atoms with Crippen molar-refractivity contribution in [1.29, 1.82) is 0 Å². The molecule has 1 aliphatic rings. The Balaban J connectivity index is 2.29. The molecule has 0 saturated heterocycles. The first kappa shape index (κ1) is 13.0. The molecule has 1 fully saturated rings. The van der Waals surface area contributed by atoms with Crippen LogP contribution in [0.3, 0.4) is 0 Å². The average Bonchev–Trinajstić information content (AvgIpc) is 1.98. The SMILES string of the molecule is CC(C)C(CNC(C)(C)C)OC1CCC1. The van der Waals surface area contributed by atoms with Gasteiger partial charge in [-0.2, -0.15) is 0 Å². The molecule has 0 bridgehead atoms. The molecule has 0 aromatic rings. The molecule has 0 amide bonds. The predicted molar refractivity (Wildman–Crippen MR) is 65.1 cm³/mol. The molecule has 0 radical (unpaired) electrons. The van der Waals surface area contributed by atoms with Gasteiger partial charge in [0.25, 0.3) is 0 Å². The maximum atomic E-state index is 6.08. The van der Waals surface area contributed by atoms with Crippen molar-refractivity contribution in [3.63, 3.8) is 0 Å². The lowest BCUT2D eigenvalue weighted by molar-refractivity contribution is -0.0703. The quantitative estimate of drug-likeness (QED) is 0.758. The number of rotatable bonds is 5. The minimum Gasteiger partial charge on any atom is -0.373 e. The molecule has 2 nitrogen and oxygen atoms in total. The van der Waals surface area contributed by atoms with Crippen molar-refractivity contribution >= 4 is 0 Å². The number of ether oxygens (including phenoxy) is 1. The van der Waals surface area contributed by atoms with E-state index in [9.17, 15) is 0 Å². The highest BCUT2D eigenvalue weighted by molar-refractivity contribution is 4.78. The summed E-state index contributed by atoms with van der Waals surface area (Å²) < 4.78 is 6.08. The molecule has 0 aromatic heterocycles. The van der Waals surface area contributed by atoms with E-state index in [0.717, 1.165) is 6.54 Å². The molecule has 15 heavy (non-hydrogen) atoms. The van der Waals surface area contributed by atoms with Crippen LogP contribution in [0, 0.1) is 5.92 Å². The Morgan fingerprint density at radius 2 is 1.87 bits per heavy atom. The van der Waals surface area contributed by atoms with Crippen molar-refractivity contribution in [3.8, 4) is 0 Å². The van der Waals surface area contributed by atoms with Gasteiger partial charge in [-0.05, 0) is 46.0 Å². The topological polar surface area (TPSA) is 21.3 Å². The van der Waals surface area contributed by atoms with Crippen LogP contribution in [0.4, 0.5) is 0 Å². The number of hydrogen-bond donors (Lipinski definition) is 1. The van der Waals surface area contributed by atoms with Gasteiger partial charge >= 0.3 is 0 Å². The fourth-order valence-electron chi connectivity index (χ4n) is 1.60. The van der Waals surface area contributed by atoms with Crippen molar-refractivity contribution in [3.05, 3.63) is 0 Å². The molecule has 2 heteroatoms. The van der Waals surface area contributed by atoms with Crippen LogP contribution in [0.5, 0.6) is 0 Å². The van der Waals surface area contributed by atoms with E-state index in [-0.39, 0.29) is 5.54 Å². The summed E-state index contributed by atoms with van der Waals surface area (Å²) in [6, 6.07) is 0. The molecular formula is C13H27NO. The van der Waals surface area contributed by atoms with E-state index < -0.39 is 0 Å². The Morgan fingerprint density at radius 3 is 2.20 bits per heavy atom. The molecule has 0 spiro atoms. The highest BCUT2D eigenvalue weighted by atomic mass is 16.5. The summed E-state index contributed by atoms with van der Waals surface area (Å²) in [5, 5.41) is 3.53. The maximum Gasteiger partial charge on any atom is 0.0726 e.